The van der Waals surface area contributed by atoms with Gasteiger partial charge in [-0.05, 0) is 36.4 Å². The van der Waals surface area contributed by atoms with Gasteiger partial charge >= 0.3 is 0 Å². The van der Waals surface area contributed by atoms with Gasteiger partial charge in [0.15, 0.2) is 5.71 Å². The zero-order valence-corrected chi connectivity index (χ0v) is 16.9. The van der Waals surface area contributed by atoms with E-state index in [1.807, 2.05) is 60.7 Å². The van der Waals surface area contributed by atoms with Gasteiger partial charge in [0.25, 0.3) is 0 Å². The second-order valence-electron chi connectivity index (χ2n) is 6.03. The number of hydrogen-bond donors (Lipinski definition) is 1. The quantitative estimate of drug-likeness (QED) is 0.269. The standard InChI is InChI=1S/C21H13ClN4S2/c22-13-7-1-2-8-14(13)25-26-19(20-23-15-9-3-5-11-17(15)27-20)21-24-16-10-4-6-12-18(16)28-21/h1-12,25H. The molecule has 2 heterocycles. The Bertz CT molecular complexity index is 1180. The largest absolute Gasteiger partial charge is 0.276 e. The number of nitrogens with zero attached hydrogens (tertiary/aromatic N) is 3. The summed E-state index contributed by atoms with van der Waals surface area (Å²) in [4.78, 5) is 9.55. The predicted molar refractivity (Wildman–Crippen MR) is 120 cm³/mol. The number of halogens is 1. The van der Waals surface area contributed by atoms with E-state index < -0.39 is 0 Å². The molecule has 1 N–H and O–H groups in total. The molecule has 3 aromatic carbocycles. The van der Waals surface area contributed by atoms with Gasteiger partial charge in [-0.3, -0.25) is 5.43 Å². The minimum absolute atomic E-state index is 0.610. The van der Waals surface area contributed by atoms with Crippen LogP contribution in [-0.4, -0.2) is 15.7 Å². The smallest absolute Gasteiger partial charge is 0.155 e. The average Bonchev–Trinajstić information content (AvgIpc) is 3.33. The number of rotatable bonds is 4. The Kier molecular flexibility index (Phi) is 4.52. The van der Waals surface area contributed by atoms with Crippen LogP contribution in [0.15, 0.2) is 77.9 Å². The van der Waals surface area contributed by atoms with Crippen LogP contribution in [0.2, 0.25) is 5.02 Å². The van der Waals surface area contributed by atoms with E-state index in [1.54, 1.807) is 22.7 Å². The number of nitrogens with one attached hydrogen (secondary N) is 1. The summed E-state index contributed by atoms with van der Waals surface area (Å²) in [6.45, 7) is 0. The lowest BCUT2D eigenvalue weighted by Gasteiger charge is -2.04. The molecule has 5 aromatic rings. The lowest BCUT2D eigenvalue weighted by Crippen LogP contribution is -2.06. The summed E-state index contributed by atoms with van der Waals surface area (Å²) in [5.41, 5.74) is 6.44. The monoisotopic (exact) mass is 420 g/mol. The first-order valence-corrected chi connectivity index (χ1v) is 10.6. The highest BCUT2D eigenvalue weighted by Gasteiger charge is 2.17. The number of hydrogen-bond acceptors (Lipinski definition) is 6. The second kappa shape index (κ2) is 7.31. The van der Waals surface area contributed by atoms with Crippen LogP contribution in [-0.2, 0) is 0 Å². The fourth-order valence-corrected chi connectivity index (χ4v) is 4.96. The van der Waals surface area contributed by atoms with Crippen LogP contribution in [0.3, 0.4) is 0 Å². The third kappa shape index (κ3) is 3.26. The van der Waals surface area contributed by atoms with E-state index in [9.17, 15) is 0 Å². The van der Waals surface area contributed by atoms with Crippen LogP contribution in [0.1, 0.15) is 10.0 Å². The lowest BCUT2D eigenvalue weighted by molar-refractivity contribution is 1.30. The Balaban J connectivity index is 1.64. The molecule has 7 heteroatoms. The zero-order valence-electron chi connectivity index (χ0n) is 14.5. The highest BCUT2D eigenvalue weighted by Crippen LogP contribution is 2.29. The number of aromatic nitrogens is 2. The average molecular weight is 421 g/mol. The fourth-order valence-electron chi connectivity index (χ4n) is 2.80. The topological polar surface area (TPSA) is 50.2 Å². The molecule has 0 aliphatic heterocycles. The molecule has 0 bridgehead atoms. The van der Waals surface area contributed by atoms with E-state index in [4.69, 9.17) is 21.6 Å². The first-order chi connectivity index (χ1) is 13.8. The van der Waals surface area contributed by atoms with Crippen molar-refractivity contribution >= 4 is 66.1 Å². The molecule has 0 atom stereocenters. The molecule has 5 rings (SSSR count). The van der Waals surface area contributed by atoms with Gasteiger partial charge in [-0.25, -0.2) is 9.97 Å². The molecule has 0 radical (unpaired) electrons. The van der Waals surface area contributed by atoms with Crippen molar-refractivity contribution in [2.24, 2.45) is 5.10 Å². The third-order valence-electron chi connectivity index (χ3n) is 4.15. The molecular weight excluding hydrogens is 408 g/mol. The van der Waals surface area contributed by atoms with Crippen molar-refractivity contribution in [1.82, 2.24) is 9.97 Å². The van der Waals surface area contributed by atoms with E-state index in [0.29, 0.717) is 10.7 Å². The minimum atomic E-state index is 0.610. The normalized spacial score (nSPS) is 11.0. The molecule has 2 aromatic heterocycles. The van der Waals surface area contributed by atoms with E-state index in [2.05, 4.69) is 22.7 Å². The Morgan fingerprint density at radius 3 is 1.86 bits per heavy atom. The number of para-hydroxylation sites is 3. The van der Waals surface area contributed by atoms with Crippen LogP contribution in [0.25, 0.3) is 20.4 Å². The summed E-state index contributed by atoms with van der Waals surface area (Å²) in [5, 5.41) is 6.91. The molecule has 0 aliphatic rings. The molecule has 0 aliphatic carbocycles. The molecular formula is C21H13ClN4S2. The molecule has 0 unspecified atom stereocenters. The molecule has 0 amide bonds. The molecule has 0 saturated heterocycles. The molecule has 136 valence electrons. The Morgan fingerprint density at radius 2 is 1.29 bits per heavy atom. The summed E-state index contributed by atoms with van der Waals surface area (Å²) >= 11 is 9.47. The summed E-state index contributed by atoms with van der Waals surface area (Å²) in [6, 6.07) is 23.7. The maximum Gasteiger partial charge on any atom is 0.155 e. The Hall–Kier alpha value is -2.80. The summed E-state index contributed by atoms with van der Waals surface area (Å²) < 4.78 is 2.23. The molecule has 0 spiro atoms. The van der Waals surface area contributed by atoms with Crippen molar-refractivity contribution in [1.29, 1.82) is 0 Å². The number of fused-ring (bicyclic) bond motifs is 2. The lowest BCUT2D eigenvalue weighted by atomic mass is 10.3. The number of anilines is 1. The van der Waals surface area contributed by atoms with Crippen LogP contribution in [0, 0.1) is 0 Å². The van der Waals surface area contributed by atoms with Crippen LogP contribution in [0.5, 0.6) is 0 Å². The Labute approximate surface area is 174 Å². The summed E-state index contributed by atoms with van der Waals surface area (Å²) in [6.07, 6.45) is 0. The van der Waals surface area contributed by atoms with Crippen molar-refractivity contribution in [3.05, 3.63) is 87.8 Å². The van der Waals surface area contributed by atoms with Crippen molar-refractivity contribution < 1.29 is 0 Å². The van der Waals surface area contributed by atoms with Gasteiger partial charge < -0.3 is 0 Å². The van der Waals surface area contributed by atoms with Crippen molar-refractivity contribution in [3.8, 4) is 0 Å². The van der Waals surface area contributed by atoms with Crippen molar-refractivity contribution in [3.63, 3.8) is 0 Å². The van der Waals surface area contributed by atoms with E-state index in [0.717, 1.165) is 36.1 Å². The van der Waals surface area contributed by atoms with Crippen LogP contribution in [0.4, 0.5) is 5.69 Å². The fraction of sp³-hybridized carbons (Fsp3) is 0. The number of hydrazone groups is 1. The molecule has 28 heavy (non-hydrogen) atoms. The van der Waals surface area contributed by atoms with E-state index in [-0.39, 0.29) is 0 Å². The zero-order chi connectivity index (χ0) is 18.9. The first kappa shape index (κ1) is 17.3. The number of benzene rings is 3. The maximum atomic E-state index is 6.27. The van der Waals surface area contributed by atoms with Crippen LogP contribution < -0.4 is 5.43 Å². The van der Waals surface area contributed by atoms with Crippen molar-refractivity contribution in [2.45, 2.75) is 0 Å². The third-order valence-corrected chi connectivity index (χ3v) is 6.57. The molecule has 4 nitrogen and oxygen atoms in total. The van der Waals surface area contributed by atoms with Gasteiger partial charge in [0, 0.05) is 0 Å². The summed E-state index contributed by atoms with van der Waals surface area (Å²) in [5.74, 6) is 0. The van der Waals surface area contributed by atoms with Gasteiger partial charge in [0.1, 0.15) is 10.0 Å². The van der Waals surface area contributed by atoms with Crippen molar-refractivity contribution in [2.75, 3.05) is 5.43 Å². The van der Waals surface area contributed by atoms with Gasteiger partial charge in [0.05, 0.1) is 31.1 Å². The minimum Gasteiger partial charge on any atom is -0.276 e. The maximum absolute atomic E-state index is 6.27. The molecule has 0 saturated carbocycles. The van der Waals surface area contributed by atoms with Crippen LogP contribution >= 0.6 is 34.3 Å². The predicted octanol–water partition coefficient (Wildman–Crippen LogP) is 6.42. The summed E-state index contributed by atoms with van der Waals surface area (Å²) in [7, 11) is 0. The molecule has 0 fully saturated rings. The van der Waals surface area contributed by atoms with Gasteiger partial charge in [-0.15, -0.1) is 22.7 Å². The SMILES string of the molecule is Clc1ccccc1NN=C(c1nc2ccccc2s1)c1nc2ccccc2s1. The van der Waals surface area contributed by atoms with E-state index >= 15 is 0 Å². The highest BCUT2D eigenvalue weighted by atomic mass is 35.5. The van der Waals surface area contributed by atoms with Gasteiger partial charge in [0.2, 0.25) is 0 Å². The Morgan fingerprint density at radius 1 is 0.750 bits per heavy atom. The number of thiazole rings is 2. The highest BCUT2D eigenvalue weighted by molar-refractivity contribution is 7.23. The van der Waals surface area contributed by atoms with Gasteiger partial charge in [-0.2, -0.15) is 5.10 Å². The first-order valence-electron chi connectivity index (χ1n) is 8.58. The van der Waals surface area contributed by atoms with E-state index in [1.165, 1.54) is 0 Å². The second-order valence-corrected chi connectivity index (χ2v) is 8.49. The van der Waals surface area contributed by atoms with Gasteiger partial charge in [-0.1, -0.05) is 48.0 Å².